The third kappa shape index (κ3) is 7.21. The van der Waals surface area contributed by atoms with Gasteiger partial charge >= 0.3 is 24.4 Å². The number of benzene rings is 2. The van der Waals surface area contributed by atoms with E-state index in [1.54, 1.807) is 25.3 Å². The third-order valence-electron chi connectivity index (χ3n) is 8.15. The van der Waals surface area contributed by atoms with Crippen LogP contribution in [-0.2, 0) is 39.6 Å². The van der Waals surface area contributed by atoms with Crippen molar-refractivity contribution in [3.8, 4) is 16.9 Å². The fourth-order valence-corrected chi connectivity index (χ4v) is 5.49. The summed E-state index contributed by atoms with van der Waals surface area (Å²) in [7, 11) is 3.00. The number of carboxylic acids is 1. The molecule has 0 saturated carbocycles. The van der Waals surface area contributed by atoms with E-state index in [0.717, 1.165) is 0 Å². The van der Waals surface area contributed by atoms with Crippen LogP contribution in [0.15, 0.2) is 42.6 Å². The number of carbonyl (C=O) groups excluding carboxylic acids is 1. The number of carbonyl (C=O) groups is 2. The SMILES string of the molecule is COc1ccc(CCC(=O)O)cc1-c1cnc(N2CC(OC)C2)nc1CN1C(=O)O[C@H](c2cc(C(F)(F)F)cc(C(F)(F)F)c2)[C@@H]1C. The fourth-order valence-electron chi connectivity index (χ4n) is 5.49. The number of aliphatic carboxylic acids is 1. The van der Waals surface area contributed by atoms with Gasteiger partial charge in [-0.3, -0.25) is 9.69 Å². The number of halogens is 6. The molecule has 0 spiro atoms. The summed E-state index contributed by atoms with van der Waals surface area (Å²) >= 11 is 0. The first kappa shape index (κ1) is 33.8. The topological polar surface area (TPSA) is 114 Å². The Labute approximate surface area is 264 Å². The molecule has 0 unspecified atom stereocenters. The average molecular weight is 669 g/mol. The van der Waals surface area contributed by atoms with Crippen molar-refractivity contribution in [2.45, 2.75) is 56.9 Å². The number of ether oxygens (including phenoxy) is 3. The summed E-state index contributed by atoms with van der Waals surface area (Å²) in [6.45, 7) is 2.18. The molecule has 2 saturated heterocycles. The van der Waals surface area contributed by atoms with E-state index < -0.39 is 53.3 Å². The molecule has 0 aliphatic carbocycles. The first-order valence-corrected chi connectivity index (χ1v) is 14.4. The van der Waals surface area contributed by atoms with Crippen LogP contribution in [0.4, 0.5) is 37.1 Å². The summed E-state index contributed by atoms with van der Waals surface area (Å²) in [6.07, 6.45) is -11.0. The van der Waals surface area contributed by atoms with Gasteiger partial charge < -0.3 is 24.2 Å². The molecule has 10 nitrogen and oxygen atoms in total. The monoisotopic (exact) mass is 668 g/mol. The molecular formula is C31H30F6N4O6. The highest BCUT2D eigenvalue weighted by atomic mass is 19.4. The lowest BCUT2D eigenvalue weighted by molar-refractivity contribution is -0.143. The highest BCUT2D eigenvalue weighted by Gasteiger charge is 2.44. The molecule has 2 aliphatic rings. The second-order valence-electron chi connectivity index (χ2n) is 11.2. The second-order valence-corrected chi connectivity index (χ2v) is 11.2. The number of rotatable bonds is 10. The van der Waals surface area contributed by atoms with Crippen molar-refractivity contribution in [2.24, 2.45) is 0 Å². The number of hydrogen-bond donors (Lipinski definition) is 1. The van der Waals surface area contributed by atoms with E-state index in [1.807, 2.05) is 4.90 Å². The Morgan fingerprint density at radius 2 is 1.68 bits per heavy atom. The van der Waals surface area contributed by atoms with E-state index in [2.05, 4.69) is 4.98 Å². The van der Waals surface area contributed by atoms with E-state index in [0.29, 0.717) is 53.6 Å². The molecule has 2 aromatic carbocycles. The number of hydrogen-bond acceptors (Lipinski definition) is 8. The van der Waals surface area contributed by atoms with Crippen LogP contribution in [0, 0.1) is 0 Å². The minimum atomic E-state index is -5.08. The normalized spacial score (nSPS) is 18.7. The number of aromatic nitrogens is 2. The van der Waals surface area contributed by atoms with Gasteiger partial charge in [0.05, 0.1) is 42.6 Å². The van der Waals surface area contributed by atoms with Crippen molar-refractivity contribution in [2.75, 3.05) is 32.2 Å². The molecule has 3 aromatic rings. The first-order chi connectivity index (χ1) is 22.1. The number of aryl methyl sites for hydroxylation is 1. The van der Waals surface area contributed by atoms with Crippen LogP contribution in [0.25, 0.3) is 11.1 Å². The zero-order chi connectivity index (χ0) is 34.3. The largest absolute Gasteiger partial charge is 0.496 e. The Kier molecular flexibility index (Phi) is 9.26. The fraction of sp³-hybridized carbons (Fsp3) is 0.419. The number of alkyl halides is 6. The van der Waals surface area contributed by atoms with Crippen molar-refractivity contribution in [3.05, 3.63) is 70.5 Å². The lowest BCUT2D eigenvalue weighted by Crippen LogP contribution is -2.52. The van der Waals surface area contributed by atoms with Crippen LogP contribution in [0.1, 0.15) is 47.4 Å². The lowest BCUT2D eigenvalue weighted by Gasteiger charge is -2.38. The van der Waals surface area contributed by atoms with Crippen LogP contribution in [0.2, 0.25) is 0 Å². The minimum absolute atomic E-state index is 0.0132. The highest BCUT2D eigenvalue weighted by Crippen LogP contribution is 2.42. The predicted octanol–water partition coefficient (Wildman–Crippen LogP) is 6.12. The Morgan fingerprint density at radius 1 is 1.02 bits per heavy atom. The molecule has 1 aromatic heterocycles. The summed E-state index contributed by atoms with van der Waals surface area (Å²) in [5, 5.41) is 9.16. The summed E-state index contributed by atoms with van der Waals surface area (Å²) in [6, 6.07) is 5.17. The molecule has 252 valence electrons. The molecule has 16 heteroatoms. The van der Waals surface area contributed by atoms with Crippen molar-refractivity contribution in [1.29, 1.82) is 0 Å². The Hall–Kier alpha value is -4.60. The van der Waals surface area contributed by atoms with E-state index in [-0.39, 0.29) is 37.3 Å². The summed E-state index contributed by atoms with van der Waals surface area (Å²) < 4.78 is 97.7. The van der Waals surface area contributed by atoms with Crippen LogP contribution >= 0.6 is 0 Å². The molecule has 0 bridgehead atoms. The van der Waals surface area contributed by atoms with Crippen LogP contribution in [-0.4, -0.2) is 71.5 Å². The molecule has 5 rings (SSSR count). The van der Waals surface area contributed by atoms with Gasteiger partial charge in [0.15, 0.2) is 0 Å². The van der Waals surface area contributed by atoms with Gasteiger partial charge in [-0.25, -0.2) is 14.8 Å². The third-order valence-corrected chi connectivity index (χ3v) is 8.15. The number of cyclic esters (lactones) is 1. The van der Waals surface area contributed by atoms with Gasteiger partial charge in [-0.1, -0.05) is 6.07 Å². The number of amides is 1. The number of methoxy groups -OCH3 is 2. The number of carboxylic acid groups (broad SMARTS) is 1. The molecule has 3 heterocycles. The van der Waals surface area contributed by atoms with E-state index >= 15 is 0 Å². The van der Waals surface area contributed by atoms with Gasteiger partial charge in [-0.15, -0.1) is 0 Å². The summed E-state index contributed by atoms with van der Waals surface area (Å²) in [5.74, 6) is -0.287. The van der Waals surface area contributed by atoms with E-state index in [9.17, 15) is 35.9 Å². The van der Waals surface area contributed by atoms with Gasteiger partial charge in [0.1, 0.15) is 11.9 Å². The standard InChI is InChI=1S/C31H30F6N4O6/c1-16-27(18-9-19(30(32,33)34)11-20(10-18)31(35,36)37)47-29(44)41(16)15-24-23(12-38-28(39-24)40-13-21(14-40)45-2)22-8-17(5-7-26(42)43)4-6-25(22)46-3/h4,6,8-12,16,21,27H,5,7,13-15H2,1-3H3,(H,42,43)/t16-,27-/m0/s1. The summed E-state index contributed by atoms with van der Waals surface area (Å²) in [4.78, 5) is 36.6. The molecule has 2 fully saturated rings. The highest BCUT2D eigenvalue weighted by molar-refractivity contribution is 5.75. The Balaban J connectivity index is 1.53. The van der Waals surface area contributed by atoms with Crippen molar-refractivity contribution in [3.63, 3.8) is 0 Å². The number of anilines is 1. The molecule has 2 aliphatic heterocycles. The molecule has 1 N–H and O–H groups in total. The van der Waals surface area contributed by atoms with Crippen LogP contribution in [0.5, 0.6) is 5.75 Å². The Morgan fingerprint density at radius 3 is 2.26 bits per heavy atom. The van der Waals surface area contributed by atoms with Gasteiger partial charge in [-0.05, 0) is 54.8 Å². The van der Waals surface area contributed by atoms with Gasteiger partial charge in [0.2, 0.25) is 5.95 Å². The van der Waals surface area contributed by atoms with Crippen molar-refractivity contribution in [1.82, 2.24) is 14.9 Å². The smallest absolute Gasteiger partial charge is 0.416 e. The van der Waals surface area contributed by atoms with Crippen LogP contribution < -0.4 is 9.64 Å². The van der Waals surface area contributed by atoms with E-state index in [1.165, 1.54) is 25.1 Å². The zero-order valence-electron chi connectivity index (χ0n) is 25.4. The predicted molar refractivity (Wildman–Crippen MR) is 154 cm³/mol. The molecular weight excluding hydrogens is 638 g/mol. The van der Waals surface area contributed by atoms with E-state index in [4.69, 9.17) is 24.3 Å². The van der Waals surface area contributed by atoms with Crippen molar-refractivity contribution >= 4 is 18.0 Å². The lowest BCUT2D eigenvalue weighted by atomic mass is 9.97. The first-order valence-electron chi connectivity index (χ1n) is 14.4. The van der Waals surface area contributed by atoms with Gasteiger partial charge in [0, 0.05) is 43.9 Å². The maximum atomic E-state index is 13.6. The summed E-state index contributed by atoms with van der Waals surface area (Å²) in [5.41, 5.74) is -1.65. The molecule has 1 amide bonds. The second kappa shape index (κ2) is 12.9. The van der Waals surface area contributed by atoms with Crippen LogP contribution in [0.3, 0.4) is 0 Å². The zero-order valence-corrected chi connectivity index (χ0v) is 25.4. The Bertz CT molecular complexity index is 1630. The molecule has 2 atom stereocenters. The number of nitrogens with zero attached hydrogens (tertiary/aromatic N) is 4. The maximum absolute atomic E-state index is 13.6. The average Bonchev–Trinajstić information content (AvgIpc) is 3.27. The van der Waals surface area contributed by atoms with Gasteiger partial charge in [-0.2, -0.15) is 26.3 Å². The quantitative estimate of drug-likeness (QED) is 0.255. The maximum Gasteiger partial charge on any atom is 0.416 e. The minimum Gasteiger partial charge on any atom is -0.496 e. The molecule has 0 radical (unpaired) electrons. The van der Waals surface area contributed by atoms with Gasteiger partial charge in [0.25, 0.3) is 0 Å². The van der Waals surface area contributed by atoms with Crippen molar-refractivity contribution < 1.29 is 55.2 Å². The molecule has 47 heavy (non-hydrogen) atoms.